The molecule has 5 N–H and O–H groups in total. The number of rotatable bonds is 3. The fourth-order valence-corrected chi connectivity index (χ4v) is 2.25. The molecule has 1 aromatic heterocycles. The van der Waals surface area contributed by atoms with Gasteiger partial charge in [-0.05, 0) is 31.5 Å². The van der Waals surface area contributed by atoms with E-state index in [1.165, 1.54) is 0 Å². The van der Waals surface area contributed by atoms with Crippen molar-refractivity contribution >= 4 is 29.1 Å². The van der Waals surface area contributed by atoms with Gasteiger partial charge in [0.05, 0.1) is 5.56 Å². The summed E-state index contributed by atoms with van der Waals surface area (Å²) in [7, 11) is 0. The van der Waals surface area contributed by atoms with Gasteiger partial charge in [0, 0.05) is 12.6 Å². The largest absolute Gasteiger partial charge is 0.350 e. The second-order valence-electron chi connectivity index (χ2n) is 3.98. The van der Waals surface area contributed by atoms with E-state index in [0.717, 1.165) is 19.4 Å². The number of amides is 1. The number of aromatic nitrogens is 1. The summed E-state index contributed by atoms with van der Waals surface area (Å²) in [6, 6.07) is 3.49. The average Bonchev–Trinajstić information content (AvgIpc) is 2.78. The number of hydrogen-bond acceptors (Lipinski definition) is 4. The quantitative estimate of drug-likeness (QED) is 0.743. The molecule has 1 aliphatic rings. The number of halogens is 2. The molecule has 0 spiro atoms. The average molecular weight is 291 g/mol. The van der Waals surface area contributed by atoms with Crippen LogP contribution in [-0.4, -0.2) is 30.0 Å². The van der Waals surface area contributed by atoms with Gasteiger partial charge in [-0.15, -0.1) is 0 Å². The summed E-state index contributed by atoms with van der Waals surface area (Å²) >= 11 is 11.5. The molecule has 5 nitrogen and oxygen atoms in total. The number of nitrogens with one attached hydrogen (secondary N) is 2. The van der Waals surface area contributed by atoms with Crippen molar-refractivity contribution in [3.05, 3.63) is 28.0 Å². The minimum atomic E-state index is -0.215. The lowest BCUT2D eigenvalue weighted by Crippen LogP contribution is -2.37. The van der Waals surface area contributed by atoms with Gasteiger partial charge in [0.15, 0.2) is 0 Å². The predicted molar refractivity (Wildman–Crippen MR) is 72.6 cm³/mol. The van der Waals surface area contributed by atoms with Crippen molar-refractivity contribution in [3.8, 4) is 0 Å². The summed E-state index contributed by atoms with van der Waals surface area (Å²) in [6.07, 6.45) is 2.25. The zero-order chi connectivity index (χ0) is 12.3. The van der Waals surface area contributed by atoms with Crippen LogP contribution in [0.5, 0.6) is 0 Å². The molecule has 1 amide bonds. The Morgan fingerprint density at radius 3 is 2.89 bits per heavy atom. The van der Waals surface area contributed by atoms with Crippen LogP contribution in [0.1, 0.15) is 23.2 Å². The molecule has 0 aliphatic carbocycles. The van der Waals surface area contributed by atoms with E-state index >= 15 is 0 Å². The first-order valence-electron chi connectivity index (χ1n) is 5.50. The zero-order valence-electron chi connectivity index (χ0n) is 9.88. The van der Waals surface area contributed by atoms with E-state index in [1.807, 2.05) is 0 Å². The summed E-state index contributed by atoms with van der Waals surface area (Å²) in [6.45, 7) is 1.63. The molecule has 2 heterocycles. The van der Waals surface area contributed by atoms with E-state index in [-0.39, 0.29) is 22.4 Å². The summed E-state index contributed by atoms with van der Waals surface area (Å²) in [5.41, 5.74) is 0.356. The van der Waals surface area contributed by atoms with Crippen molar-refractivity contribution in [1.82, 2.24) is 21.8 Å². The van der Waals surface area contributed by atoms with Crippen LogP contribution >= 0.6 is 23.2 Å². The maximum absolute atomic E-state index is 11.8. The van der Waals surface area contributed by atoms with Gasteiger partial charge in [0.25, 0.3) is 5.91 Å². The van der Waals surface area contributed by atoms with Gasteiger partial charge in [-0.2, -0.15) is 0 Å². The highest BCUT2D eigenvalue weighted by atomic mass is 35.5. The van der Waals surface area contributed by atoms with Crippen LogP contribution in [0.4, 0.5) is 0 Å². The van der Waals surface area contributed by atoms with Crippen LogP contribution in [0.25, 0.3) is 0 Å². The first kappa shape index (κ1) is 15.2. The third kappa shape index (κ3) is 3.81. The predicted octanol–water partition coefficient (Wildman–Crippen LogP) is 2.03. The fourth-order valence-electron chi connectivity index (χ4n) is 1.82. The van der Waals surface area contributed by atoms with Crippen LogP contribution in [-0.2, 0) is 0 Å². The van der Waals surface area contributed by atoms with E-state index in [1.54, 1.807) is 12.1 Å². The Bertz CT molecular complexity index is 422. The van der Waals surface area contributed by atoms with Crippen molar-refractivity contribution in [2.75, 3.05) is 13.1 Å². The topological polar surface area (TPSA) is 89.0 Å². The molecule has 0 radical (unpaired) electrons. The number of carbonyl (C=O) groups excluding carboxylic acids is 1. The molecule has 1 saturated heterocycles. The molecule has 7 heteroatoms. The molecule has 0 aromatic carbocycles. The van der Waals surface area contributed by atoms with Gasteiger partial charge in [-0.25, -0.2) is 4.98 Å². The highest BCUT2D eigenvalue weighted by molar-refractivity contribution is 6.34. The standard InChI is InChI=1S/C11H13Cl2N3O.H3N/c12-9-4-3-8(10(13)16-9)11(17)15-6-7-2-1-5-14-7;/h3-4,7,14H,1-2,5-6H2,(H,15,17);1H3/t7-;/m1./s1. The number of pyridine rings is 1. The van der Waals surface area contributed by atoms with E-state index in [0.29, 0.717) is 18.2 Å². The SMILES string of the molecule is N.O=C(NC[C@H]1CCCN1)c1ccc(Cl)nc1Cl. The van der Waals surface area contributed by atoms with Crippen LogP contribution in [0, 0.1) is 0 Å². The maximum atomic E-state index is 11.8. The normalized spacial score (nSPS) is 18.2. The summed E-state index contributed by atoms with van der Waals surface area (Å²) in [4.78, 5) is 15.7. The van der Waals surface area contributed by atoms with Crippen LogP contribution in [0.2, 0.25) is 10.3 Å². The minimum absolute atomic E-state index is 0. The Labute approximate surface area is 116 Å². The minimum Gasteiger partial charge on any atom is -0.350 e. The summed E-state index contributed by atoms with van der Waals surface area (Å²) in [5, 5.41) is 6.55. The molecular formula is C11H16Cl2N4O. The van der Waals surface area contributed by atoms with Gasteiger partial charge in [0.2, 0.25) is 0 Å². The van der Waals surface area contributed by atoms with Gasteiger partial charge in [0.1, 0.15) is 10.3 Å². The number of hydrogen-bond donors (Lipinski definition) is 3. The van der Waals surface area contributed by atoms with Gasteiger partial charge >= 0.3 is 0 Å². The lowest BCUT2D eigenvalue weighted by atomic mass is 10.2. The molecular weight excluding hydrogens is 275 g/mol. The van der Waals surface area contributed by atoms with E-state index < -0.39 is 0 Å². The Morgan fingerprint density at radius 2 is 2.28 bits per heavy atom. The zero-order valence-corrected chi connectivity index (χ0v) is 11.4. The van der Waals surface area contributed by atoms with Crippen molar-refractivity contribution in [3.63, 3.8) is 0 Å². The van der Waals surface area contributed by atoms with E-state index in [2.05, 4.69) is 15.6 Å². The number of carbonyl (C=O) groups is 1. The van der Waals surface area contributed by atoms with Gasteiger partial charge in [-0.1, -0.05) is 23.2 Å². The lowest BCUT2D eigenvalue weighted by Gasteiger charge is -2.11. The fraction of sp³-hybridized carbons (Fsp3) is 0.455. The lowest BCUT2D eigenvalue weighted by molar-refractivity contribution is 0.0950. The highest BCUT2D eigenvalue weighted by Crippen LogP contribution is 2.16. The summed E-state index contributed by atoms with van der Waals surface area (Å²) in [5.74, 6) is -0.215. The first-order chi connectivity index (χ1) is 8.16. The van der Waals surface area contributed by atoms with Crippen molar-refractivity contribution < 1.29 is 4.79 Å². The molecule has 1 aromatic rings. The highest BCUT2D eigenvalue weighted by Gasteiger charge is 2.16. The van der Waals surface area contributed by atoms with Crippen molar-refractivity contribution in [2.45, 2.75) is 18.9 Å². The van der Waals surface area contributed by atoms with E-state index in [4.69, 9.17) is 23.2 Å². The molecule has 1 atom stereocenters. The molecule has 2 rings (SSSR count). The van der Waals surface area contributed by atoms with Gasteiger partial charge in [-0.3, -0.25) is 4.79 Å². The van der Waals surface area contributed by atoms with Gasteiger partial charge < -0.3 is 16.8 Å². The molecule has 100 valence electrons. The molecule has 0 unspecified atom stereocenters. The van der Waals surface area contributed by atoms with Crippen LogP contribution in [0.15, 0.2) is 12.1 Å². The van der Waals surface area contributed by atoms with Crippen molar-refractivity contribution in [2.24, 2.45) is 0 Å². The number of nitrogens with zero attached hydrogens (tertiary/aromatic N) is 1. The smallest absolute Gasteiger partial charge is 0.254 e. The van der Waals surface area contributed by atoms with Crippen LogP contribution in [0.3, 0.4) is 0 Å². The summed E-state index contributed by atoms with van der Waals surface area (Å²) < 4.78 is 0. The molecule has 0 bridgehead atoms. The molecule has 0 saturated carbocycles. The van der Waals surface area contributed by atoms with E-state index in [9.17, 15) is 4.79 Å². The Hall–Kier alpha value is -0.880. The molecule has 1 fully saturated rings. The second kappa shape index (κ2) is 6.89. The first-order valence-corrected chi connectivity index (χ1v) is 6.26. The Balaban J connectivity index is 0.00000162. The molecule has 18 heavy (non-hydrogen) atoms. The Morgan fingerprint density at radius 1 is 1.50 bits per heavy atom. The maximum Gasteiger partial charge on any atom is 0.254 e. The molecule has 1 aliphatic heterocycles. The second-order valence-corrected chi connectivity index (χ2v) is 4.72. The third-order valence-electron chi connectivity index (χ3n) is 2.73. The monoisotopic (exact) mass is 290 g/mol. The van der Waals surface area contributed by atoms with Crippen molar-refractivity contribution in [1.29, 1.82) is 0 Å². The Kier molecular flexibility index (Phi) is 5.81. The van der Waals surface area contributed by atoms with Crippen LogP contribution < -0.4 is 16.8 Å². The third-order valence-corrected chi connectivity index (χ3v) is 3.23.